The van der Waals surface area contributed by atoms with Gasteiger partial charge in [0.15, 0.2) is 10.8 Å². The number of fused-ring (bicyclic) bond motifs is 4. The quantitative estimate of drug-likeness (QED) is 0.807. The second-order valence-electron chi connectivity index (χ2n) is 6.19. The van der Waals surface area contributed by atoms with Crippen molar-refractivity contribution in [3.05, 3.63) is 59.7 Å². The number of anilines is 1. The van der Waals surface area contributed by atoms with Crippen molar-refractivity contribution in [2.45, 2.75) is 32.0 Å². The summed E-state index contributed by atoms with van der Waals surface area (Å²) in [5, 5.41) is 4.19. The van der Waals surface area contributed by atoms with E-state index in [0.29, 0.717) is 0 Å². The topological polar surface area (TPSA) is 24.5 Å². The van der Waals surface area contributed by atoms with Gasteiger partial charge in [0.2, 0.25) is 0 Å². The Morgan fingerprint density at radius 1 is 1.18 bits per heavy atom. The Morgan fingerprint density at radius 2 is 1.91 bits per heavy atom. The summed E-state index contributed by atoms with van der Waals surface area (Å²) in [4.78, 5) is 2.09. The minimum atomic E-state index is -0.462. The lowest BCUT2D eigenvalue weighted by atomic mass is 9.90. The van der Waals surface area contributed by atoms with Crippen molar-refractivity contribution in [3.8, 4) is 5.75 Å². The zero-order valence-corrected chi connectivity index (χ0v) is 13.5. The van der Waals surface area contributed by atoms with Gasteiger partial charge >= 0.3 is 0 Å². The Balaban J connectivity index is 1.80. The molecular formula is C18H18N2OS. The van der Waals surface area contributed by atoms with Crippen molar-refractivity contribution in [1.82, 2.24) is 5.32 Å². The molecule has 0 aliphatic carbocycles. The van der Waals surface area contributed by atoms with Crippen LogP contribution in [-0.2, 0) is 0 Å². The van der Waals surface area contributed by atoms with Crippen LogP contribution in [0.3, 0.4) is 0 Å². The summed E-state index contributed by atoms with van der Waals surface area (Å²) in [5.41, 5.74) is 3.02. The maximum Gasteiger partial charge on any atom is 0.188 e. The van der Waals surface area contributed by atoms with Crippen LogP contribution in [0.5, 0.6) is 5.75 Å². The third kappa shape index (κ3) is 1.98. The standard InChI is InChI=1S/C18H18N2OS/c1-12-7-9-13(10-8-12)20-17(22)19-15-11-18(20,2)21-16-6-4-3-5-14(15)16/h3-10,15H,11H2,1-2H3,(H,19,22). The molecule has 3 nitrogen and oxygen atoms in total. The molecule has 0 aromatic heterocycles. The van der Waals surface area contributed by atoms with Crippen LogP contribution in [0.1, 0.15) is 30.5 Å². The number of benzene rings is 2. The van der Waals surface area contributed by atoms with Gasteiger partial charge in [-0.1, -0.05) is 35.9 Å². The lowest BCUT2D eigenvalue weighted by Gasteiger charge is -2.52. The van der Waals surface area contributed by atoms with E-state index in [1.54, 1.807) is 0 Å². The highest BCUT2D eigenvalue weighted by atomic mass is 32.1. The first-order chi connectivity index (χ1) is 10.6. The molecule has 4 heteroatoms. The SMILES string of the molecule is Cc1ccc(N2C(=S)NC3CC2(C)Oc2ccccc23)cc1. The minimum absolute atomic E-state index is 0.212. The highest BCUT2D eigenvalue weighted by molar-refractivity contribution is 7.80. The molecule has 2 aromatic carbocycles. The van der Waals surface area contributed by atoms with Crippen LogP contribution in [0.25, 0.3) is 0 Å². The monoisotopic (exact) mass is 310 g/mol. The summed E-state index contributed by atoms with van der Waals surface area (Å²) in [5.74, 6) is 0.938. The predicted octanol–water partition coefficient (Wildman–Crippen LogP) is 3.93. The van der Waals surface area contributed by atoms with Gasteiger partial charge in [-0.25, -0.2) is 0 Å². The van der Waals surface area contributed by atoms with E-state index >= 15 is 0 Å². The summed E-state index contributed by atoms with van der Waals surface area (Å²) in [6, 6.07) is 16.8. The predicted molar refractivity (Wildman–Crippen MR) is 92.2 cm³/mol. The lowest BCUT2D eigenvalue weighted by molar-refractivity contribution is 0.0498. The summed E-state index contributed by atoms with van der Waals surface area (Å²) in [6.45, 7) is 4.20. The van der Waals surface area contributed by atoms with E-state index in [1.807, 2.05) is 18.2 Å². The first-order valence-electron chi connectivity index (χ1n) is 7.52. The Bertz CT molecular complexity index is 743. The van der Waals surface area contributed by atoms with Crippen molar-refractivity contribution in [3.63, 3.8) is 0 Å². The van der Waals surface area contributed by atoms with Crippen molar-refractivity contribution < 1.29 is 4.74 Å². The van der Waals surface area contributed by atoms with Crippen LogP contribution in [0.2, 0.25) is 0 Å². The number of ether oxygens (including phenoxy) is 1. The zero-order chi connectivity index (χ0) is 15.3. The van der Waals surface area contributed by atoms with Crippen molar-refractivity contribution in [1.29, 1.82) is 0 Å². The van der Waals surface area contributed by atoms with Gasteiger partial charge in [-0.15, -0.1) is 0 Å². The van der Waals surface area contributed by atoms with Gasteiger partial charge in [0, 0.05) is 17.7 Å². The molecule has 1 N–H and O–H groups in total. The van der Waals surface area contributed by atoms with Gasteiger partial charge in [-0.2, -0.15) is 0 Å². The maximum absolute atomic E-state index is 6.36. The molecule has 2 atom stereocenters. The number of hydrogen-bond acceptors (Lipinski definition) is 2. The average Bonchev–Trinajstić information content (AvgIpc) is 2.48. The van der Waals surface area contributed by atoms with Crippen LogP contribution in [0, 0.1) is 6.92 Å². The van der Waals surface area contributed by atoms with Gasteiger partial charge in [0.05, 0.1) is 6.04 Å². The molecule has 2 heterocycles. The number of para-hydroxylation sites is 1. The normalized spacial score (nSPS) is 26.0. The van der Waals surface area contributed by atoms with Crippen molar-refractivity contribution in [2.24, 2.45) is 0 Å². The number of nitrogens with zero attached hydrogens (tertiary/aromatic N) is 1. The summed E-state index contributed by atoms with van der Waals surface area (Å²) in [6.07, 6.45) is 0.859. The number of aryl methyl sites for hydroxylation is 1. The van der Waals surface area contributed by atoms with E-state index in [4.69, 9.17) is 17.0 Å². The molecular weight excluding hydrogens is 292 g/mol. The van der Waals surface area contributed by atoms with Gasteiger partial charge in [-0.3, -0.25) is 4.90 Å². The Kier molecular flexibility index (Phi) is 2.91. The summed E-state index contributed by atoms with van der Waals surface area (Å²) in [7, 11) is 0. The van der Waals surface area contributed by atoms with E-state index in [9.17, 15) is 0 Å². The van der Waals surface area contributed by atoms with Gasteiger partial charge in [-0.05, 0) is 44.3 Å². The molecule has 2 unspecified atom stereocenters. The fourth-order valence-corrected chi connectivity index (χ4v) is 3.85. The molecule has 112 valence electrons. The highest BCUT2D eigenvalue weighted by Crippen LogP contribution is 2.45. The zero-order valence-electron chi connectivity index (χ0n) is 12.7. The Morgan fingerprint density at radius 3 is 2.68 bits per heavy atom. The second kappa shape index (κ2) is 4.71. The molecule has 0 spiro atoms. The molecule has 22 heavy (non-hydrogen) atoms. The molecule has 2 bridgehead atoms. The first-order valence-corrected chi connectivity index (χ1v) is 7.93. The second-order valence-corrected chi connectivity index (χ2v) is 6.58. The number of nitrogens with one attached hydrogen (secondary N) is 1. The fraction of sp³-hybridized carbons (Fsp3) is 0.278. The Labute approximate surface area is 135 Å². The van der Waals surface area contributed by atoms with Crippen molar-refractivity contribution in [2.75, 3.05) is 4.90 Å². The van der Waals surface area contributed by atoms with Gasteiger partial charge in [0.1, 0.15) is 5.75 Å². The van der Waals surface area contributed by atoms with Gasteiger partial charge in [0.25, 0.3) is 0 Å². The number of thiocarbonyl (C=S) groups is 1. The molecule has 2 aliphatic heterocycles. The van der Waals surface area contributed by atoms with E-state index in [1.165, 1.54) is 11.1 Å². The number of hydrogen-bond donors (Lipinski definition) is 1. The Hall–Kier alpha value is -2.07. The minimum Gasteiger partial charge on any atom is -0.467 e. The fourth-order valence-electron chi connectivity index (χ4n) is 3.41. The molecule has 1 fully saturated rings. The molecule has 1 saturated heterocycles. The molecule has 0 radical (unpaired) electrons. The molecule has 2 aromatic rings. The van der Waals surface area contributed by atoms with Gasteiger partial charge < -0.3 is 10.1 Å². The molecule has 0 amide bonds. The summed E-state index contributed by atoms with van der Waals surface area (Å²) < 4.78 is 6.36. The van der Waals surface area contributed by atoms with Crippen LogP contribution in [0.15, 0.2) is 48.5 Å². The average molecular weight is 310 g/mol. The number of rotatable bonds is 1. The van der Waals surface area contributed by atoms with E-state index in [-0.39, 0.29) is 6.04 Å². The van der Waals surface area contributed by atoms with E-state index < -0.39 is 5.72 Å². The maximum atomic E-state index is 6.36. The van der Waals surface area contributed by atoms with Crippen LogP contribution in [0.4, 0.5) is 5.69 Å². The smallest absolute Gasteiger partial charge is 0.188 e. The van der Waals surface area contributed by atoms with E-state index in [0.717, 1.165) is 23.0 Å². The van der Waals surface area contributed by atoms with E-state index in [2.05, 4.69) is 54.4 Å². The third-order valence-electron chi connectivity index (χ3n) is 4.47. The lowest BCUT2D eigenvalue weighted by Crippen LogP contribution is -2.65. The van der Waals surface area contributed by atoms with Crippen LogP contribution >= 0.6 is 12.2 Å². The van der Waals surface area contributed by atoms with Crippen LogP contribution < -0.4 is 15.0 Å². The summed E-state index contributed by atoms with van der Waals surface area (Å²) >= 11 is 5.63. The molecule has 2 aliphatic rings. The molecule has 4 rings (SSSR count). The van der Waals surface area contributed by atoms with Crippen LogP contribution in [-0.4, -0.2) is 10.8 Å². The third-order valence-corrected chi connectivity index (χ3v) is 4.77. The first kappa shape index (κ1) is 13.6. The highest BCUT2D eigenvalue weighted by Gasteiger charge is 2.48. The largest absolute Gasteiger partial charge is 0.467 e. The molecule has 0 saturated carbocycles. The van der Waals surface area contributed by atoms with Crippen molar-refractivity contribution >= 4 is 23.0 Å².